The molecule has 0 radical (unpaired) electrons. The van der Waals surface area contributed by atoms with Crippen molar-refractivity contribution in [3.8, 4) is 0 Å². The monoisotopic (exact) mass is 278 g/mol. The van der Waals surface area contributed by atoms with Crippen molar-refractivity contribution in [3.63, 3.8) is 0 Å². The first-order valence-corrected chi connectivity index (χ1v) is 5.98. The van der Waals surface area contributed by atoms with Crippen molar-refractivity contribution in [2.75, 3.05) is 13.2 Å². The van der Waals surface area contributed by atoms with Gasteiger partial charge in [0, 0.05) is 0 Å². The third-order valence-corrected chi connectivity index (χ3v) is 2.90. The lowest BCUT2D eigenvalue weighted by Gasteiger charge is -2.28. The van der Waals surface area contributed by atoms with Gasteiger partial charge in [0.2, 0.25) is 0 Å². The first-order chi connectivity index (χ1) is 9.42. The maximum atomic E-state index is 11.8. The molecule has 5 N–H and O–H groups in total. The van der Waals surface area contributed by atoms with Gasteiger partial charge < -0.3 is 35.3 Å². The normalized spacial score (nSPS) is 27.2. The van der Waals surface area contributed by atoms with Crippen LogP contribution >= 0.6 is 0 Å². The highest BCUT2D eigenvalue weighted by Crippen LogP contribution is 2.13. The highest BCUT2D eigenvalue weighted by molar-refractivity contribution is 5.76. The van der Waals surface area contributed by atoms with Crippen LogP contribution in [0.15, 0.2) is 0 Å². The fraction of sp³-hybridized carbons (Fsp3) is 0.818. The van der Waals surface area contributed by atoms with Gasteiger partial charge in [-0.05, 0) is 19.4 Å². The summed E-state index contributed by atoms with van der Waals surface area (Å²) >= 11 is 0. The van der Waals surface area contributed by atoms with E-state index in [4.69, 9.17) is 11.3 Å². The summed E-state index contributed by atoms with van der Waals surface area (Å²) < 4.78 is 12.3. The van der Waals surface area contributed by atoms with Crippen LogP contribution in [0.3, 0.4) is 0 Å². The summed E-state index contributed by atoms with van der Waals surface area (Å²) in [6.07, 6.45) is -5.94. The lowest BCUT2D eigenvalue weighted by atomic mass is 10.0. The molecular weight excluding hydrogens is 258 g/mol. The molecule has 0 saturated carbocycles. The molecule has 5 atom stereocenters. The molecule has 0 aliphatic carbocycles. The molecular formula is C11H19NO7. The Kier molecular flexibility index (Phi) is 5.67. The van der Waals surface area contributed by atoms with E-state index < -0.39 is 43.0 Å². The van der Waals surface area contributed by atoms with Crippen LogP contribution in [0, 0.1) is 0 Å². The van der Waals surface area contributed by atoms with Crippen LogP contribution in [-0.4, -0.2) is 76.3 Å². The summed E-state index contributed by atoms with van der Waals surface area (Å²) in [5.74, 6) is -0.868. The number of esters is 1. The Morgan fingerprint density at radius 3 is 2.68 bits per heavy atom. The zero-order valence-electron chi connectivity index (χ0n) is 11.3. The van der Waals surface area contributed by atoms with Gasteiger partial charge >= 0.3 is 5.97 Å². The molecule has 8 nitrogen and oxygen atoms in total. The van der Waals surface area contributed by atoms with Crippen molar-refractivity contribution in [2.24, 2.45) is 0 Å². The van der Waals surface area contributed by atoms with Crippen LogP contribution in [0.4, 0.5) is 0 Å². The highest BCUT2D eigenvalue weighted by Gasteiger charge is 2.37. The van der Waals surface area contributed by atoms with Gasteiger partial charge in [-0.15, -0.1) is 0 Å². The third kappa shape index (κ3) is 4.22. The summed E-state index contributed by atoms with van der Waals surface area (Å²) in [5, 5.41) is 38.2. The first kappa shape index (κ1) is 14.4. The lowest BCUT2D eigenvalue weighted by Crippen LogP contribution is -2.50. The Balaban J connectivity index is 2.74. The van der Waals surface area contributed by atoms with Gasteiger partial charge in [-0.1, -0.05) is 0 Å². The number of carbonyl (C=O) groups excluding carboxylic acids is 2. The molecule has 0 spiro atoms. The average molecular weight is 278 g/mol. The van der Waals surface area contributed by atoms with E-state index >= 15 is 0 Å². The van der Waals surface area contributed by atoms with Crippen molar-refractivity contribution >= 4 is 12.3 Å². The van der Waals surface area contributed by atoms with Gasteiger partial charge in [0.05, 0.1) is 6.61 Å². The van der Waals surface area contributed by atoms with Crippen LogP contribution in [0.1, 0.15) is 12.8 Å². The molecule has 19 heavy (non-hydrogen) atoms. The smallest absolute Gasteiger partial charge is 0.323 e. The van der Waals surface area contributed by atoms with E-state index in [2.05, 4.69) is 0 Å². The minimum absolute atomic E-state index is 0.0539. The standard InChI is InChI=1S/C11H19NO7/c13-4-7(15)9(17)10(8(16)5-14)19-11(18)6-2-1-3-12-6/h5-10,12-13,15-17H,1-4H2/t6-,7+,8+,9+,10+/m0/s1/i/hD. The quantitative estimate of drug-likeness (QED) is 0.244. The molecule has 0 aromatic rings. The molecule has 110 valence electrons. The van der Waals surface area contributed by atoms with Crippen molar-refractivity contribution in [1.82, 2.24) is 5.31 Å². The second-order valence-corrected chi connectivity index (χ2v) is 4.33. The van der Waals surface area contributed by atoms with Gasteiger partial charge in [-0.3, -0.25) is 4.79 Å². The molecule has 0 aromatic heterocycles. The predicted molar refractivity (Wildman–Crippen MR) is 62.1 cm³/mol. The van der Waals surface area contributed by atoms with Crippen LogP contribution in [-0.2, 0) is 14.3 Å². The number of carbonyl (C=O) groups is 2. The first-order valence-electron chi connectivity index (χ1n) is 6.43. The van der Waals surface area contributed by atoms with E-state index in [0.29, 0.717) is 19.4 Å². The fourth-order valence-electron chi connectivity index (χ4n) is 1.77. The van der Waals surface area contributed by atoms with E-state index in [1.54, 1.807) is 0 Å². The molecule has 0 amide bonds. The molecule has 1 fully saturated rings. The van der Waals surface area contributed by atoms with Crippen molar-refractivity contribution in [3.05, 3.63) is 0 Å². The minimum Gasteiger partial charge on any atom is -0.455 e. The summed E-state index contributed by atoms with van der Waals surface area (Å²) in [6.45, 7) is -0.433. The van der Waals surface area contributed by atoms with Crippen molar-refractivity contribution < 1.29 is 36.2 Å². The number of aldehydes is 1. The Bertz CT molecular complexity index is 343. The number of rotatable bonds is 7. The Morgan fingerprint density at radius 2 is 2.21 bits per heavy atom. The van der Waals surface area contributed by atoms with E-state index in [1.807, 2.05) is 0 Å². The van der Waals surface area contributed by atoms with Crippen LogP contribution in [0.5, 0.6) is 0 Å². The number of aliphatic hydroxyl groups excluding tert-OH is 4. The number of aliphatic hydroxyl groups is 4. The molecule has 0 aromatic carbocycles. The van der Waals surface area contributed by atoms with E-state index in [0.717, 1.165) is 5.31 Å². The minimum atomic E-state index is -1.84. The summed E-state index contributed by atoms with van der Waals surface area (Å²) in [7, 11) is 0. The van der Waals surface area contributed by atoms with E-state index in [1.165, 1.54) is 0 Å². The fourth-order valence-corrected chi connectivity index (χ4v) is 1.77. The molecule has 1 saturated heterocycles. The molecule has 1 aliphatic heterocycles. The maximum absolute atomic E-state index is 11.8. The van der Waals surface area contributed by atoms with Crippen LogP contribution < -0.4 is 5.31 Å². The van der Waals surface area contributed by atoms with Crippen LogP contribution in [0.25, 0.3) is 0 Å². The zero-order chi connectivity index (χ0) is 15.3. The van der Waals surface area contributed by atoms with Gasteiger partial charge in [0.1, 0.15) is 25.8 Å². The van der Waals surface area contributed by atoms with Crippen molar-refractivity contribution in [1.29, 1.82) is 0 Å². The SMILES string of the molecule is [2H]N1CCC[C@H]1C(=O)O[C@@H]([C@H](O)[C@H](O)CO)[C@H](O)C=O. The van der Waals surface area contributed by atoms with Gasteiger partial charge in [0.15, 0.2) is 12.4 Å². The molecule has 0 unspecified atom stereocenters. The lowest BCUT2D eigenvalue weighted by molar-refractivity contribution is -0.175. The summed E-state index contributed by atoms with van der Waals surface area (Å²) in [6, 6.07) is -0.838. The topological polar surface area (TPSA) is 136 Å². The Hall–Kier alpha value is -1.06. The molecule has 0 bridgehead atoms. The molecule has 1 aliphatic rings. The average Bonchev–Trinajstić information content (AvgIpc) is 2.88. The number of hydrogen-bond donors (Lipinski definition) is 5. The molecule has 1 heterocycles. The molecule has 1 rings (SSSR count). The summed E-state index contributed by atoms with van der Waals surface area (Å²) in [5.41, 5.74) is 0. The number of ether oxygens (including phenoxy) is 1. The number of nitrogens with one attached hydrogen (secondary N) is 1. The Labute approximate surface area is 111 Å². The largest absolute Gasteiger partial charge is 0.455 e. The van der Waals surface area contributed by atoms with E-state index in [-0.39, 0.29) is 6.29 Å². The Morgan fingerprint density at radius 1 is 1.53 bits per heavy atom. The third-order valence-electron chi connectivity index (χ3n) is 2.90. The predicted octanol–water partition coefficient (Wildman–Crippen LogP) is -3.08. The second kappa shape index (κ2) is 7.51. The van der Waals surface area contributed by atoms with Crippen LogP contribution in [0.2, 0.25) is 1.41 Å². The maximum Gasteiger partial charge on any atom is 0.323 e. The van der Waals surface area contributed by atoms with Gasteiger partial charge in [0.25, 0.3) is 0 Å². The van der Waals surface area contributed by atoms with Crippen molar-refractivity contribution in [2.45, 2.75) is 43.3 Å². The zero-order valence-corrected chi connectivity index (χ0v) is 10.3. The van der Waals surface area contributed by atoms with Gasteiger partial charge in [-0.25, -0.2) is 0 Å². The second-order valence-electron chi connectivity index (χ2n) is 4.33. The summed E-state index contributed by atoms with van der Waals surface area (Å²) in [4.78, 5) is 22.4. The van der Waals surface area contributed by atoms with E-state index in [9.17, 15) is 24.9 Å². The highest BCUT2D eigenvalue weighted by atomic mass is 16.6. The number of hydrogen-bond acceptors (Lipinski definition) is 8. The van der Waals surface area contributed by atoms with Gasteiger partial charge in [-0.2, -0.15) is 0 Å². The molecule has 8 heteroatoms.